The number of ether oxygens (including phenoxy) is 3. The Morgan fingerprint density at radius 2 is 2.04 bits per heavy atom. The lowest BCUT2D eigenvalue weighted by molar-refractivity contribution is -0.0807. The van der Waals surface area contributed by atoms with E-state index in [9.17, 15) is 8.78 Å². The maximum absolute atomic E-state index is 12.5. The fourth-order valence-electron chi connectivity index (χ4n) is 3.11. The van der Waals surface area contributed by atoms with Gasteiger partial charge in [-0.15, -0.1) is 0 Å². The molecule has 1 saturated heterocycles. The molecule has 2 heterocycles. The van der Waals surface area contributed by atoms with Gasteiger partial charge in [0.1, 0.15) is 5.75 Å². The molecule has 5 nitrogen and oxygen atoms in total. The van der Waals surface area contributed by atoms with E-state index in [1.807, 2.05) is 13.0 Å². The van der Waals surface area contributed by atoms with Gasteiger partial charge in [0.15, 0.2) is 0 Å². The molecule has 0 spiro atoms. The molecule has 1 aliphatic heterocycles. The van der Waals surface area contributed by atoms with Gasteiger partial charge in [-0.2, -0.15) is 8.78 Å². The van der Waals surface area contributed by atoms with E-state index in [1.54, 1.807) is 19.2 Å². The van der Waals surface area contributed by atoms with Crippen LogP contribution in [0.15, 0.2) is 24.3 Å². The number of nitrogens with one attached hydrogen (secondary N) is 1. The molecule has 1 fully saturated rings. The van der Waals surface area contributed by atoms with Crippen molar-refractivity contribution in [2.45, 2.75) is 32.0 Å². The molecule has 25 heavy (non-hydrogen) atoms. The summed E-state index contributed by atoms with van der Waals surface area (Å²) in [5, 5.41) is 4.14. The van der Waals surface area contributed by atoms with E-state index in [4.69, 9.17) is 9.47 Å². The second kappa shape index (κ2) is 7.49. The van der Waals surface area contributed by atoms with Gasteiger partial charge in [0.2, 0.25) is 0 Å². The van der Waals surface area contributed by atoms with E-state index in [0.717, 1.165) is 35.1 Å². The van der Waals surface area contributed by atoms with Crippen LogP contribution in [-0.4, -0.2) is 44.1 Å². The monoisotopic (exact) mass is 352 g/mol. The van der Waals surface area contributed by atoms with E-state index >= 15 is 0 Å². The van der Waals surface area contributed by atoms with Crippen molar-refractivity contribution in [3.05, 3.63) is 30.0 Å². The Bertz CT molecular complexity index is 734. The summed E-state index contributed by atoms with van der Waals surface area (Å²) in [6.45, 7) is 0.974. The zero-order chi connectivity index (χ0) is 17.9. The molecule has 0 radical (unpaired) electrons. The van der Waals surface area contributed by atoms with E-state index in [0.29, 0.717) is 19.8 Å². The van der Waals surface area contributed by atoms with Crippen molar-refractivity contribution < 1.29 is 23.0 Å². The molecule has 0 bridgehead atoms. The number of rotatable bonds is 6. The first-order chi connectivity index (χ1) is 12.0. The molecule has 1 aliphatic rings. The van der Waals surface area contributed by atoms with Crippen molar-refractivity contribution in [3.8, 4) is 5.75 Å². The molecular weight excluding hydrogens is 330 g/mol. The molecule has 136 valence electrons. The van der Waals surface area contributed by atoms with Gasteiger partial charge < -0.3 is 19.5 Å². The third-order valence-electron chi connectivity index (χ3n) is 4.57. The molecule has 2 aromatic rings. The third kappa shape index (κ3) is 4.16. The summed E-state index contributed by atoms with van der Waals surface area (Å²) in [5.41, 5.74) is 2.10. The minimum Gasteiger partial charge on any atom is -0.435 e. The summed E-state index contributed by atoms with van der Waals surface area (Å²) >= 11 is 0. The van der Waals surface area contributed by atoms with E-state index in [-0.39, 0.29) is 11.4 Å². The Balaban J connectivity index is 1.88. The number of pyridine rings is 1. The van der Waals surface area contributed by atoms with Crippen molar-refractivity contribution in [2.75, 3.05) is 32.2 Å². The Morgan fingerprint density at radius 3 is 2.72 bits per heavy atom. The van der Waals surface area contributed by atoms with Gasteiger partial charge in [-0.1, -0.05) is 0 Å². The van der Waals surface area contributed by atoms with Crippen LogP contribution in [-0.2, 0) is 9.47 Å². The van der Waals surface area contributed by atoms with Crippen LogP contribution in [0.1, 0.15) is 18.5 Å². The summed E-state index contributed by atoms with van der Waals surface area (Å²) in [6.07, 6.45) is 1.61. The number of fused-ring (bicyclic) bond motifs is 1. The SMILES string of the molecule is COC1(CNc2cc(C)nc3ccc(OC(F)F)cc23)CCOCC1. The minimum atomic E-state index is -2.86. The molecule has 0 amide bonds. The maximum Gasteiger partial charge on any atom is 0.387 e. The number of halogens is 2. The summed E-state index contributed by atoms with van der Waals surface area (Å²) in [5.74, 6) is 0.115. The zero-order valence-electron chi connectivity index (χ0n) is 14.4. The lowest BCUT2D eigenvalue weighted by atomic mass is 9.94. The number of hydrogen-bond acceptors (Lipinski definition) is 5. The normalized spacial score (nSPS) is 17.0. The number of hydrogen-bond donors (Lipinski definition) is 1. The Kier molecular flexibility index (Phi) is 5.34. The number of anilines is 1. The van der Waals surface area contributed by atoms with Crippen LogP contribution < -0.4 is 10.1 Å². The van der Waals surface area contributed by atoms with Gasteiger partial charge in [-0.25, -0.2) is 0 Å². The molecule has 0 saturated carbocycles. The highest BCUT2D eigenvalue weighted by atomic mass is 19.3. The van der Waals surface area contributed by atoms with E-state index in [1.165, 1.54) is 6.07 Å². The van der Waals surface area contributed by atoms with Crippen LogP contribution in [0, 0.1) is 6.92 Å². The minimum absolute atomic E-state index is 0.115. The summed E-state index contributed by atoms with van der Waals surface area (Å²) in [7, 11) is 1.71. The van der Waals surface area contributed by atoms with Gasteiger partial charge in [-0.3, -0.25) is 4.98 Å². The first-order valence-electron chi connectivity index (χ1n) is 8.24. The fourth-order valence-corrected chi connectivity index (χ4v) is 3.11. The molecule has 0 unspecified atom stereocenters. The van der Waals surface area contributed by atoms with Gasteiger partial charge in [-0.05, 0) is 31.2 Å². The van der Waals surface area contributed by atoms with Crippen molar-refractivity contribution >= 4 is 16.6 Å². The van der Waals surface area contributed by atoms with Gasteiger partial charge >= 0.3 is 6.61 Å². The molecule has 0 aliphatic carbocycles. The molecular formula is C18H22F2N2O3. The fraction of sp³-hybridized carbons (Fsp3) is 0.500. The number of benzene rings is 1. The van der Waals surface area contributed by atoms with Crippen molar-refractivity contribution in [1.82, 2.24) is 4.98 Å². The predicted octanol–water partition coefficient (Wildman–Crippen LogP) is 3.75. The molecule has 7 heteroatoms. The number of alkyl halides is 2. The van der Waals surface area contributed by atoms with Crippen LogP contribution in [0.3, 0.4) is 0 Å². The van der Waals surface area contributed by atoms with Crippen LogP contribution in [0.2, 0.25) is 0 Å². The number of methoxy groups -OCH3 is 1. The van der Waals surface area contributed by atoms with Crippen molar-refractivity contribution in [2.24, 2.45) is 0 Å². The first-order valence-corrected chi connectivity index (χ1v) is 8.24. The van der Waals surface area contributed by atoms with Gasteiger partial charge in [0.25, 0.3) is 0 Å². The topological polar surface area (TPSA) is 52.6 Å². The average Bonchev–Trinajstić information content (AvgIpc) is 2.60. The molecule has 1 aromatic carbocycles. The summed E-state index contributed by atoms with van der Waals surface area (Å²) in [6, 6.07) is 6.67. The largest absolute Gasteiger partial charge is 0.435 e. The lowest BCUT2D eigenvalue weighted by Crippen LogP contribution is -2.44. The van der Waals surface area contributed by atoms with Crippen molar-refractivity contribution in [1.29, 1.82) is 0 Å². The quantitative estimate of drug-likeness (QED) is 0.858. The van der Waals surface area contributed by atoms with Crippen LogP contribution in [0.25, 0.3) is 10.9 Å². The molecule has 1 aromatic heterocycles. The van der Waals surface area contributed by atoms with Gasteiger partial charge in [0.05, 0.1) is 11.1 Å². The van der Waals surface area contributed by atoms with Crippen molar-refractivity contribution in [3.63, 3.8) is 0 Å². The Morgan fingerprint density at radius 1 is 1.28 bits per heavy atom. The van der Waals surface area contributed by atoms with E-state index < -0.39 is 6.61 Å². The smallest absolute Gasteiger partial charge is 0.387 e. The maximum atomic E-state index is 12.5. The summed E-state index contributed by atoms with van der Waals surface area (Å²) in [4.78, 5) is 4.45. The Labute approximate surface area is 145 Å². The number of aromatic nitrogens is 1. The predicted molar refractivity (Wildman–Crippen MR) is 91.4 cm³/mol. The highest BCUT2D eigenvalue weighted by molar-refractivity contribution is 5.92. The third-order valence-corrected chi connectivity index (χ3v) is 4.57. The lowest BCUT2D eigenvalue weighted by Gasteiger charge is -2.36. The molecule has 0 atom stereocenters. The van der Waals surface area contributed by atoms with E-state index in [2.05, 4.69) is 15.0 Å². The summed E-state index contributed by atoms with van der Waals surface area (Å²) < 4.78 is 40.6. The Hall–Kier alpha value is -1.99. The number of nitrogens with zero attached hydrogens (tertiary/aromatic N) is 1. The van der Waals surface area contributed by atoms with Gasteiger partial charge in [0, 0.05) is 56.5 Å². The second-order valence-electron chi connectivity index (χ2n) is 6.22. The van der Waals surface area contributed by atoms with Crippen LogP contribution in [0.4, 0.5) is 14.5 Å². The number of aryl methyl sites for hydroxylation is 1. The first kappa shape index (κ1) is 17.8. The average molecular weight is 352 g/mol. The standard InChI is InChI=1S/C18H22F2N2O3/c1-12-9-16(21-11-18(23-2)5-7-24-8-6-18)14-10-13(25-17(19)20)3-4-15(14)22-12/h3-4,9-10,17H,5-8,11H2,1-2H3,(H,21,22). The van der Waals surface area contributed by atoms with Crippen LogP contribution >= 0.6 is 0 Å². The highest BCUT2D eigenvalue weighted by Crippen LogP contribution is 2.30. The zero-order valence-corrected chi connectivity index (χ0v) is 14.4. The molecule has 1 N–H and O–H groups in total. The van der Waals surface area contributed by atoms with Crippen LogP contribution in [0.5, 0.6) is 5.75 Å². The highest BCUT2D eigenvalue weighted by Gasteiger charge is 2.32. The molecule has 3 rings (SSSR count). The second-order valence-corrected chi connectivity index (χ2v) is 6.22.